The van der Waals surface area contributed by atoms with Gasteiger partial charge in [0.2, 0.25) is 10.0 Å². The lowest BCUT2D eigenvalue weighted by Crippen LogP contribution is -2.28. The van der Waals surface area contributed by atoms with Crippen molar-refractivity contribution < 1.29 is 13.5 Å². The summed E-state index contributed by atoms with van der Waals surface area (Å²) in [6.07, 6.45) is -0.980. The Kier molecular flexibility index (Phi) is 5.46. The van der Waals surface area contributed by atoms with Crippen molar-refractivity contribution in [2.45, 2.75) is 11.0 Å². The Hall–Kier alpha value is -1.44. The number of fused-ring (bicyclic) bond motifs is 1. The van der Waals surface area contributed by atoms with E-state index in [0.717, 1.165) is 10.8 Å². The van der Waals surface area contributed by atoms with E-state index in [0.29, 0.717) is 10.0 Å². The summed E-state index contributed by atoms with van der Waals surface area (Å²) in [5.41, 5.74) is 0.668. The zero-order valence-corrected chi connectivity index (χ0v) is 16.1. The summed E-state index contributed by atoms with van der Waals surface area (Å²) in [5, 5.41) is 12.5. The monoisotopic (exact) mass is 439 g/mol. The third-order valence-electron chi connectivity index (χ3n) is 3.83. The first-order valence-corrected chi connectivity index (χ1v) is 10.1. The molecular weight excluding hydrogens is 426 g/mol. The summed E-state index contributed by atoms with van der Waals surface area (Å²) in [6.45, 7) is -0.154. The molecule has 3 aromatic carbocycles. The molecule has 130 valence electrons. The zero-order valence-electron chi connectivity index (χ0n) is 13.0. The van der Waals surface area contributed by atoms with Crippen molar-refractivity contribution in [1.82, 2.24) is 4.72 Å². The molecule has 3 rings (SSSR count). The average molecular weight is 441 g/mol. The van der Waals surface area contributed by atoms with Gasteiger partial charge < -0.3 is 5.11 Å². The van der Waals surface area contributed by atoms with E-state index in [2.05, 4.69) is 20.7 Å². The largest absolute Gasteiger partial charge is 0.387 e. The van der Waals surface area contributed by atoms with E-state index < -0.39 is 16.1 Å². The van der Waals surface area contributed by atoms with Crippen LogP contribution in [0.15, 0.2) is 70.0 Å². The number of rotatable bonds is 5. The molecule has 0 fully saturated rings. The minimum atomic E-state index is -3.84. The van der Waals surface area contributed by atoms with Gasteiger partial charge in [-0.25, -0.2) is 13.1 Å². The standard InChI is InChI=1S/C18H15BrClNO3S/c19-13-8-9-16(20)18(10-13)25(23,24)21-11-17(22)15-7-3-5-12-4-1-2-6-14(12)15/h1-10,17,21-22H,11H2. The Morgan fingerprint density at radius 2 is 1.80 bits per heavy atom. The van der Waals surface area contributed by atoms with Gasteiger partial charge in [0, 0.05) is 11.0 Å². The molecule has 7 heteroatoms. The highest BCUT2D eigenvalue weighted by atomic mass is 79.9. The first-order valence-electron chi connectivity index (χ1n) is 7.49. The molecule has 0 aliphatic heterocycles. The highest BCUT2D eigenvalue weighted by molar-refractivity contribution is 9.10. The number of hydrogen-bond donors (Lipinski definition) is 2. The predicted molar refractivity (Wildman–Crippen MR) is 103 cm³/mol. The number of nitrogens with one attached hydrogen (secondary N) is 1. The van der Waals surface area contributed by atoms with Gasteiger partial charge in [0.25, 0.3) is 0 Å². The molecule has 0 amide bonds. The Morgan fingerprint density at radius 1 is 1.08 bits per heavy atom. The first-order chi connectivity index (χ1) is 11.9. The fourth-order valence-electron chi connectivity index (χ4n) is 2.60. The SMILES string of the molecule is O=S(=O)(NCC(O)c1cccc2ccccc12)c1cc(Br)ccc1Cl. The van der Waals surface area contributed by atoms with Gasteiger partial charge in [-0.05, 0) is 34.5 Å². The van der Waals surface area contributed by atoms with E-state index in [1.807, 2.05) is 36.4 Å². The fraction of sp³-hybridized carbons (Fsp3) is 0.111. The highest BCUT2D eigenvalue weighted by Gasteiger charge is 2.20. The van der Waals surface area contributed by atoms with Crippen LogP contribution in [0.2, 0.25) is 5.02 Å². The second-order valence-corrected chi connectivity index (χ2v) is 8.57. The summed E-state index contributed by atoms with van der Waals surface area (Å²) in [5.74, 6) is 0. The maximum Gasteiger partial charge on any atom is 0.242 e. The zero-order chi connectivity index (χ0) is 18.0. The van der Waals surface area contributed by atoms with Crippen LogP contribution in [-0.4, -0.2) is 20.1 Å². The quantitative estimate of drug-likeness (QED) is 0.623. The molecule has 1 atom stereocenters. The number of halogens is 2. The van der Waals surface area contributed by atoms with E-state index in [1.165, 1.54) is 12.1 Å². The third kappa shape index (κ3) is 4.04. The van der Waals surface area contributed by atoms with Crippen LogP contribution in [0.4, 0.5) is 0 Å². The van der Waals surface area contributed by atoms with Crippen LogP contribution in [0.1, 0.15) is 11.7 Å². The summed E-state index contributed by atoms with van der Waals surface area (Å²) in [6, 6.07) is 17.8. The molecule has 0 aliphatic carbocycles. The van der Waals surface area contributed by atoms with Gasteiger partial charge in [0.15, 0.2) is 0 Å². The Bertz CT molecular complexity index is 1020. The lowest BCUT2D eigenvalue weighted by molar-refractivity contribution is 0.183. The minimum Gasteiger partial charge on any atom is -0.387 e. The molecule has 0 saturated heterocycles. The van der Waals surface area contributed by atoms with Crippen molar-refractivity contribution in [3.8, 4) is 0 Å². The van der Waals surface area contributed by atoms with Gasteiger partial charge in [-0.3, -0.25) is 0 Å². The predicted octanol–water partition coefficient (Wildman–Crippen LogP) is 4.27. The summed E-state index contributed by atoms with van der Waals surface area (Å²) >= 11 is 9.22. The van der Waals surface area contributed by atoms with Crippen LogP contribution < -0.4 is 4.72 Å². The van der Waals surface area contributed by atoms with Crippen molar-refractivity contribution in [1.29, 1.82) is 0 Å². The number of aliphatic hydroxyl groups excluding tert-OH is 1. The fourth-order valence-corrected chi connectivity index (χ4v) is 4.68. The molecule has 1 unspecified atom stereocenters. The summed E-state index contributed by atoms with van der Waals surface area (Å²) < 4.78 is 28.0. The van der Waals surface area contributed by atoms with Crippen LogP contribution >= 0.6 is 27.5 Å². The molecular formula is C18H15BrClNO3S. The second-order valence-electron chi connectivity index (χ2n) is 5.51. The van der Waals surface area contributed by atoms with E-state index in [9.17, 15) is 13.5 Å². The van der Waals surface area contributed by atoms with Crippen LogP contribution in [0.5, 0.6) is 0 Å². The van der Waals surface area contributed by atoms with Crippen LogP contribution in [0.25, 0.3) is 10.8 Å². The molecule has 2 N–H and O–H groups in total. The van der Waals surface area contributed by atoms with Gasteiger partial charge in [-0.1, -0.05) is 70.0 Å². The lowest BCUT2D eigenvalue weighted by atomic mass is 10.0. The summed E-state index contributed by atoms with van der Waals surface area (Å²) in [4.78, 5) is -0.0336. The highest BCUT2D eigenvalue weighted by Crippen LogP contribution is 2.27. The van der Waals surface area contributed by atoms with Gasteiger partial charge in [0.1, 0.15) is 4.90 Å². The second kappa shape index (κ2) is 7.43. The molecule has 0 heterocycles. The Morgan fingerprint density at radius 3 is 2.60 bits per heavy atom. The van der Waals surface area contributed by atoms with E-state index in [1.54, 1.807) is 12.1 Å². The first kappa shape index (κ1) is 18.4. The number of sulfonamides is 1. The minimum absolute atomic E-state index is 0.0336. The van der Waals surface area contributed by atoms with Gasteiger partial charge in [-0.15, -0.1) is 0 Å². The molecule has 0 bridgehead atoms. The molecule has 0 aliphatic rings. The molecule has 0 radical (unpaired) electrons. The number of aliphatic hydroxyl groups is 1. The maximum absolute atomic E-state index is 12.5. The van der Waals surface area contributed by atoms with Crippen LogP contribution in [0.3, 0.4) is 0 Å². The van der Waals surface area contributed by atoms with E-state index in [-0.39, 0.29) is 16.5 Å². The molecule has 3 aromatic rings. The lowest BCUT2D eigenvalue weighted by Gasteiger charge is -2.15. The number of hydrogen-bond acceptors (Lipinski definition) is 3. The summed E-state index contributed by atoms with van der Waals surface area (Å²) in [7, 11) is -3.84. The van der Waals surface area contributed by atoms with Crippen molar-refractivity contribution in [3.63, 3.8) is 0 Å². The molecule has 4 nitrogen and oxygen atoms in total. The number of benzene rings is 3. The smallest absolute Gasteiger partial charge is 0.242 e. The van der Waals surface area contributed by atoms with Crippen LogP contribution in [-0.2, 0) is 10.0 Å². The molecule has 25 heavy (non-hydrogen) atoms. The molecule has 0 aromatic heterocycles. The van der Waals surface area contributed by atoms with E-state index in [4.69, 9.17) is 11.6 Å². The van der Waals surface area contributed by atoms with Gasteiger partial charge >= 0.3 is 0 Å². The van der Waals surface area contributed by atoms with Crippen molar-refractivity contribution in [2.75, 3.05) is 6.54 Å². The topological polar surface area (TPSA) is 66.4 Å². The van der Waals surface area contributed by atoms with Crippen molar-refractivity contribution in [2.24, 2.45) is 0 Å². The van der Waals surface area contributed by atoms with Crippen LogP contribution in [0, 0.1) is 0 Å². The maximum atomic E-state index is 12.5. The molecule has 0 saturated carbocycles. The van der Waals surface area contributed by atoms with Gasteiger partial charge in [-0.2, -0.15) is 0 Å². The van der Waals surface area contributed by atoms with Crippen molar-refractivity contribution >= 4 is 48.3 Å². The van der Waals surface area contributed by atoms with Gasteiger partial charge in [0.05, 0.1) is 11.1 Å². The average Bonchev–Trinajstić information content (AvgIpc) is 2.61. The van der Waals surface area contributed by atoms with E-state index >= 15 is 0 Å². The Labute approximate surface area is 159 Å². The van der Waals surface area contributed by atoms with Crippen molar-refractivity contribution in [3.05, 3.63) is 75.7 Å². The third-order valence-corrected chi connectivity index (χ3v) is 6.23. The molecule has 0 spiro atoms. The Balaban J connectivity index is 1.84. The normalized spacial score (nSPS) is 13.1.